The Morgan fingerprint density at radius 1 is 1.30 bits per heavy atom. The number of thiazole rings is 1. The highest BCUT2D eigenvalue weighted by atomic mass is 127. The van der Waals surface area contributed by atoms with Gasteiger partial charge in [-0.2, -0.15) is 0 Å². The number of halogens is 1. The molecule has 6 heteroatoms. The monoisotopic (exact) mass is 444 g/mol. The van der Waals surface area contributed by atoms with E-state index in [0.717, 1.165) is 30.9 Å². The molecule has 126 valence electrons. The smallest absolute Gasteiger partial charge is 0.191 e. The SMILES string of the molecule is CN=C(NCCCc1nc2ccccc2s1)NC1CCCC1.I. The van der Waals surface area contributed by atoms with Crippen LogP contribution in [0.5, 0.6) is 0 Å². The number of guanidine groups is 1. The molecule has 2 N–H and O–H groups in total. The molecule has 1 aromatic carbocycles. The van der Waals surface area contributed by atoms with Crippen LogP contribution >= 0.6 is 35.3 Å². The van der Waals surface area contributed by atoms with E-state index in [1.54, 1.807) is 11.3 Å². The summed E-state index contributed by atoms with van der Waals surface area (Å²) in [6.07, 6.45) is 7.31. The number of nitrogens with one attached hydrogen (secondary N) is 2. The number of rotatable bonds is 5. The summed E-state index contributed by atoms with van der Waals surface area (Å²) in [7, 11) is 1.85. The van der Waals surface area contributed by atoms with Crippen LogP contribution < -0.4 is 10.6 Å². The van der Waals surface area contributed by atoms with Gasteiger partial charge in [0.1, 0.15) is 0 Å². The Balaban J connectivity index is 0.00000192. The molecule has 0 bridgehead atoms. The molecule has 1 saturated carbocycles. The van der Waals surface area contributed by atoms with Crippen molar-refractivity contribution < 1.29 is 0 Å². The van der Waals surface area contributed by atoms with Gasteiger partial charge in [0, 0.05) is 26.1 Å². The maximum atomic E-state index is 4.68. The molecule has 3 rings (SSSR count). The molecule has 1 aromatic heterocycles. The molecule has 1 aliphatic rings. The van der Waals surface area contributed by atoms with Crippen molar-refractivity contribution in [2.75, 3.05) is 13.6 Å². The van der Waals surface area contributed by atoms with Gasteiger partial charge in [0.25, 0.3) is 0 Å². The molecule has 2 aromatic rings. The van der Waals surface area contributed by atoms with Crippen molar-refractivity contribution in [3.8, 4) is 0 Å². The van der Waals surface area contributed by atoms with Crippen LogP contribution in [0.4, 0.5) is 0 Å². The van der Waals surface area contributed by atoms with Crippen LogP contribution in [-0.4, -0.2) is 30.6 Å². The lowest BCUT2D eigenvalue weighted by molar-refractivity contribution is 0.610. The Labute approximate surface area is 159 Å². The lowest BCUT2D eigenvalue weighted by Crippen LogP contribution is -2.42. The number of benzene rings is 1. The Hall–Kier alpha value is -0.890. The fraction of sp³-hybridized carbons (Fsp3) is 0.529. The fourth-order valence-corrected chi connectivity index (χ4v) is 3.94. The van der Waals surface area contributed by atoms with Crippen LogP contribution in [0.1, 0.15) is 37.1 Å². The maximum Gasteiger partial charge on any atom is 0.191 e. The molecular formula is C17H25IN4S. The molecule has 1 aliphatic carbocycles. The Morgan fingerprint density at radius 3 is 2.83 bits per heavy atom. The third-order valence-corrected chi connectivity index (χ3v) is 5.21. The number of hydrogen-bond acceptors (Lipinski definition) is 3. The van der Waals surface area contributed by atoms with E-state index in [0.29, 0.717) is 6.04 Å². The molecule has 0 saturated heterocycles. The second kappa shape index (κ2) is 9.42. The molecule has 1 heterocycles. The van der Waals surface area contributed by atoms with Crippen molar-refractivity contribution in [3.05, 3.63) is 29.3 Å². The average molecular weight is 444 g/mol. The second-order valence-electron chi connectivity index (χ2n) is 5.80. The summed E-state index contributed by atoms with van der Waals surface area (Å²) in [6, 6.07) is 8.95. The summed E-state index contributed by atoms with van der Waals surface area (Å²) in [5.74, 6) is 0.941. The van der Waals surface area contributed by atoms with E-state index in [2.05, 4.69) is 38.8 Å². The van der Waals surface area contributed by atoms with Gasteiger partial charge in [-0.15, -0.1) is 35.3 Å². The predicted octanol–water partition coefficient (Wildman–Crippen LogP) is 3.95. The highest BCUT2D eigenvalue weighted by Crippen LogP contribution is 2.22. The molecule has 4 nitrogen and oxygen atoms in total. The van der Waals surface area contributed by atoms with E-state index in [-0.39, 0.29) is 24.0 Å². The molecule has 0 radical (unpaired) electrons. The van der Waals surface area contributed by atoms with E-state index < -0.39 is 0 Å². The first-order chi connectivity index (χ1) is 10.8. The van der Waals surface area contributed by atoms with Gasteiger partial charge in [0.05, 0.1) is 15.2 Å². The van der Waals surface area contributed by atoms with Crippen LogP contribution in [0, 0.1) is 0 Å². The van der Waals surface area contributed by atoms with Crippen LogP contribution in [0.25, 0.3) is 10.2 Å². The summed E-state index contributed by atoms with van der Waals surface area (Å²) >= 11 is 1.80. The summed E-state index contributed by atoms with van der Waals surface area (Å²) in [5, 5.41) is 8.15. The van der Waals surface area contributed by atoms with E-state index in [1.807, 2.05) is 13.1 Å². The topological polar surface area (TPSA) is 49.3 Å². The number of aryl methyl sites for hydroxylation is 1. The van der Waals surface area contributed by atoms with Gasteiger partial charge in [-0.1, -0.05) is 25.0 Å². The molecule has 0 spiro atoms. The molecule has 0 atom stereocenters. The number of aromatic nitrogens is 1. The number of aliphatic imine (C=N–C) groups is 1. The quantitative estimate of drug-likeness (QED) is 0.318. The van der Waals surface area contributed by atoms with E-state index >= 15 is 0 Å². The van der Waals surface area contributed by atoms with Crippen molar-refractivity contribution in [1.82, 2.24) is 15.6 Å². The van der Waals surface area contributed by atoms with Gasteiger partial charge in [0.15, 0.2) is 5.96 Å². The molecule has 1 fully saturated rings. The van der Waals surface area contributed by atoms with E-state index in [9.17, 15) is 0 Å². The minimum Gasteiger partial charge on any atom is -0.356 e. The summed E-state index contributed by atoms with van der Waals surface area (Å²) in [5.41, 5.74) is 1.12. The Bertz CT molecular complexity index is 601. The van der Waals surface area contributed by atoms with Gasteiger partial charge in [-0.25, -0.2) is 4.98 Å². The minimum absolute atomic E-state index is 0. The van der Waals surface area contributed by atoms with Gasteiger partial charge in [0.2, 0.25) is 0 Å². The third-order valence-electron chi connectivity index (χ3n) is 4.12. The van der Waals surface area contributed by atoms with Crippen LogP contribution in [0.3, 0.4) is 0 Å². The van der Waals surface area contributed by atoms with Crippen LogP contribution in [0.15, 0.2) is 29.3 Å². The Kier molecular flexibility index (Phi) is 7.55. The zero-order valence-corrected chi connectivity index (χ0v) is 16.7. The summed E-state index contributed by atoms with van der Waals surface area (Å²) in [4.78, 5) is 8.99. The van der Waals surface area contributed by atoms with Gasteiger partial charge in [-0.3, -0.25) is 4.99 Å². The predicted molar refractivity (Wildman–Crippen MR) is 110 cm³/mol. The number of hydrogen-bond donors (Lipinski definition) is 2. The van der Waals surface area contributed by atoms with Crippen LogP contribution in [0.2, 0.25) is 0 Å². The van der Waals surface area contributed by atoms with Crippen molar-refractivity contribution in [3.63, 3.8) is 0 Å². The molecule has 0 unspecified atom stereocenters. The molecule has 0 amide bonds. The summed E-state index contributed by atoms with van der Waals surface area (Å²) in [6.45, 7) is 0.933. The zero-order chi connectivity index (χ0) is 15.2. The third kappa shape index (κ3) is 5.31. The first-order valence-corrected chi connectivity index (χ1v) is 8.98. The first-order valence-electron chi connectivity index (χ1n) is 8.17. The van der Waals surface area contributed by atoms with Crippen molar-refractivity contribution in [2.45, 2.75) is 44.6 Å². The normalized spacial score (nSPS) is 15.6. The van der Waals surface area contributed by atoms with Crippen molar-refractivity contribution in [1.29, 1.82) is 0 Å². The standard InChI is InChI=1S/C17H24N4S.HI/c1-18-17(20-13-7-2-3-8-13)19-12-6-11-16-21-14-9-4-5-10-15(14)22-16;/h4-5,9-10,13H,2-3,6-8,11-12H2,1H3,(H2,18,19,20);1H. The van der Waals surface area contributed by atoms with Gasteiger partial charge >= 0.3 is 0 Å². The first kappa shape index (κ1) is 18.4. The maximum absolute atomic E-state index is 4.68. The number of nitrogens with zero attached hydrogens (tertiary/aromatic N) is 2. The molecular weight excluding hydrogens is 419 g/mol. The highest BCUT2D eigenvalue weighted by molar-refractivity contribution is 14.0. The van der Waals surface area contributed by atoms with Crippen LogP contribution in [-0.2, 0) is 6.42 Å². The fourth-order valence-electron chi connectivity index (χ4n) is 2.93. The highest BCUT2D eigenvalue weighted by Gasteiger charge is 2.15. The largest absolute Gasteiger partial charge is 0.356 e. The van der Waals surface area contributed by atoms with E-state index in [4.69, 9.17) is 0 Å². The zero-order valence-electron chi connectivity index (χ0n) is 13.5. The minimum atomic E-state index is 0. The average Bonchev–Trinajstić information content (AvgIpc) is 3.19. The number of fused-ring (bicyclic) bond motifs is 1. The molecule has 0 aliphatic heterocycles. The van der Waals surface area contributed by atoms with Crippen molar-refractivity contribution in [2.24, 2.45) is 4.99 Å². The van der Waals surface area contributed by atoms with Gasteiger partial charge < -0.3 is 10.6 Å². The van der Waals surface area contributed by atoms with Gasteiger partial charge in [-0.05, 0) is 31.4 Å². The molecule has 23 heavy (non-hydrogen) atoms. The van der Waals surface area contributed by atoms with Crippen molar-refractivity contribution >= 4 is 51.5 Å². The lowest BCUT2D eigenvalue weighted by atomic mass is 10.2. The Morgan fingerprint density at radius 2 is 2.09 bits per heavy atom. The summed E-state index contributed by atoms with van der Waals surface area (Å²) < 4.78 is 1.28. The lowest BCUT2D eigenvalue weighted by Gasteiger charge is -2.16. The second-order valence-corrected chi connectivity index (χ2v) is 6.92. The number of para-hydroxylation sites is 1. The van der Waals surface area contributed by atoms with E-state index in [1.165, 1.54) is 35.4 Å².